The smallest absolute Gasteiger partial charge is 0.495 e. The Morgan fingerprint density at radius 2 is 1.76 bits per heavy atom. The van der Waals surface area contributed by atoms with Gasteiger partial charge in [0.2, 0.25) is 0 Å². The van der Waals surface area contributed by atoms with Gasteiger partial charge in [-0.3, -0.25) is 0 Å². The lowest BCUT2D eigenvalue weighted by Crippen LogP contribution is -2.29. The minimum Gasteiger partial charge on any atom is -0.495 e. The van der Waals surface area contributed by atoms with Crippen molar-refractivity contribution in [3.63, 3.8) is 0 Å². The molecule has 0 aliphatic rings. The number of benzene rings is 2. The molecule has 2 aromatic carbocycles. The van der Waals surface area contributed by atoms with Gasteiger partial charge in [0.1, 0.15) is 22.9 Å². The molecule has 7 nitrogen and oxygen atoms in total. The molecule has 0 atom stereocenters. The van der Waals surface area contributed by atoms with Gasteiger partial charge in [0, 0.05) is 10.8 Å². The summed E-state index contributed by atoms with van der Waals surface area (Å²) in [5, 5.41) is 18.5. The van der Waals surface area contributed by atoms with E-state index in [0.29, 0.717) is 0 Å². The van der Waals surface area contributed by atoms with E-state index in [1.807, 2.05) is 0 Å². The number of alkyl halides is 3. The average molecular weight is 375 g/mol. The van der Waals surface area contributed by atoms with Crippen molar-refractivity contribution in [2.75, 3.05) is 7.11 Å². The van der Waals surface area contributed by atoms with Crippen LogP contribution in [0.15, 0.2) is 24.3 Å². The highest BCUT2D eigenvalue weighted by Crippen LogP contribution is 2.42. The molecule has 11 heteroatoms. The zero-order valence-electron chi connectivity index (χ0n) is 12.3. The minimum absolute atomic E-state index is 0.0932. The maximum absolute atomic E-state index is 12.6. The number of nitriles is 1. The zero-order chi connectivity index (χ0) is 19.0. The number of nitrogens with zero attached hydrogens (tertiary/aromatic N) is 1. The van der Waals surface area contributed by atoms with Gasteiger partial charge in [-0.1, -0.05) is 24.3 Å². The second-order valence-electron chi connectivity index (χ2n) is 4.56. The van der Waals surface area contributed by atoms with Crippen molar-refractivity contribution in [2.24, 2.45) is 0 Å². The lowest BCUT2D eigenvalue weighted by molar-refractivity contribution is -0.0500. The molecule has 1 N–H and O–H groups in total. The van der Waals surface area contributed by atoms with Crippen molar-refractivity contribution < 1.29 is 40.4 Å². The number of methoxy groups -OCH3 is 1. The van der Waals surface area contributed by atoms with Crippen molar-refractivity contribution >= 4 is 26.9 Å². The van der Waals surface area contributed by atoms with Crippen LogP contribution in [-0.2, 0) is 10.1 Å². The van der Waals surface area contributed by atoms with E-state index in [9.17, 15) is 36.8 Å². The number of aromatic carboxylic acids is 1. The Balaban J connectivity index is 2.99. The Morgan fingerprint density at radius 1 is 1.20 bits per heavy atom. The SMILES string of the molecule is COc1c(C#N)c(OS(=O)(=O)C(F)(F)F)c(C(=O)O)c2ccccc12. The monoisotopic (exact) mass is 375 g/mol. The molecule has 2 rings (SSSR count). The van der Waals surface area contributed by atoms with Gasteiger partial charge in [-0.25, -0.2) is 4.79 Å². The van der Waals surface area contributed by atoms with Crippen molar-refractivity contribution in [2.45, 2.75) is 5.51 Å². The van der Waals surface area contributed by atoms with Crippen LogP contribution in [0.5, 0.6) is 11.5 Å². The second-order valence-corrected chi connectivity index (χ2v) is 6.10. The first kappa shape index (κ1) is 18.3. The van der Waals surface area contributed by atoms with Crippen LogP contribution in [0.25, 0.3) is 10.8 Å². The highest BCUT2D eigenvalue weighted by atomic mass is 32.2. The fraction of sp³-hybridized carbons (Fsp3) is 0.143. The van der Waals surface area contributed by atoms with Gasteiger partial charge in [-0.2, -0.15) is 26.9 Å². The lowest BCUT2D eigenvalue weighted by Gasteiger charge is -2.17. The van der Waals surface area contributed by atoms with Crippen LogP contribution >= 0.6 is 0 Å². The van der Waals surface area contributed by atoms with Crippen LogP contribution < -0.4 is 8.92 Å². The summed E-state index contributed by atoms with van der Waals surface area (Å²) in [7, 11) is -5.11. The molecule has 0 aliphatic carbocycles. The van der Waals surface area contributed by atoms with E-state index in [-0.39, 0.29) is 16.5 Å². The molecule has 0 heterocycles. The number of hydrogen-bond donors (Lipinski definition) is 1. The number of carbonyl (C=O) groups is 1. The minimum atomic E-state index is -6.20. The van der Waals surface area contributed by atoms with E-state index in [0.717, 1.165) is 7.11 Å². The highest BCUT2D eigenvalue weighted by Gasteiger charge is 2.49. The summed E-state index contributed by atoms with van der Waals surface area (Å²) in [6, 6.07) is 6.87. The zero-order valence-corrected chi connectivity index (χ0v) is 13.1. The van der Waals surface area contributed by atoms with Gasteiger partial charge >= 0.3 is 21.6 Å². The Hall–Kier alpha value is -3.00. The number of carboxylic acids is 1. The lowest BCUT2D eigenvalue weighted by atomic mass is 9.98. The first-order valence-corrected chi connectivity index (χ1v) is 7.72. The molecule has 0 bridgehead atoms. The van der Waals surface area contributed by atoms with E-state index in [4.69, 9.17) is 4.74 Å². The molecule has 0 radical (unpaired) electrons. The Kier molecular flexibility index (Phi) is 4.50. The summed E-state index contributed by atoms with van der Waals surface area (Å²) in [5.74, 6) is -3.35. The van der Waals surface area contributed by atoms with Crippen molar-refractivity contribution in [1.29, 1.82) is 5.26 Å². The van der Waals surface area contributed by atoms with E-state index >= 15 is 0 Å². The standard InChI is InChI=1S/C14H8F3NO6S/c1-23-11-8-5-3-2-4-7(8)10(13(19)20)12(9(11)6-18)24-25(21,22)14(15,16)17/h2-5H,1H3,(H,19,20). The second kappa shape index (κ2) is 6.14. The Labute approximate surface area is 138 Å². The molecule has 0 spiro atoms. The number of fused-ring (bicyclic) bond motifs is 1. The van der Waals surface area contributed by atoms with Crippen LogP contribution in [0.3, 0.4) is 0 Å². The summed E-state index contributed by atoms with van der Waals surface area (Å²) >= 11 is 0. The molecule has 0 saturated heterocycles. The van der Waals surface area contributed by atoms with E-state index in [1.54, 1.807) is 0 Å². The summed E-state index contributed by atoms with van der Waals surface area (Å²) in [6.45, 7) is 0. The molecule has 0 amide bonds. The molecule has 0 fully saturated rings. The van der Waals surface area contributed by atoms with Crippen LogP contribution in [0, 0.1) is 11.3 Å². The highest BCUT2D eigenvalue weighted by molar-refractivity contribution is 7.88. The van der Waals surface area contributed by atoms with Gasteiger partial charge < -0.3 is 14.0 Å². The third-order valence-corrected chi connectivity index (χ3v) is 4.08. The maximum Gasteiger partial charge on any atom is 0.534 e. The number of rotatable bonds is 4. The largest absolute Gasteiger partial charge is 0.534 e. The third kappa shape index (κ3) is 3.03. The summed E-state index contributed by atoms with van der Waals surface area (Å²) in [6.07, 6.45) is 0. The summed E-state index contributed by atoms with van der Waals surface area (Å²) in [4.78, 5) is 11.5. The molecule has 0 saturated carbocycles. The van der Waals surface area contributed by atoms with Crippen molar-refractivity contribution in [1.82, 2.24) is 0 Å². The van der Waals surface area contributed by atoms with Gasteiger partial charge in [-0.05, 0) is 0 Å². The van der Waals surface area contributed by atoms with E-state index in [2.05, 4.69) is 4.18 Å². The Bertz CT molecular complexity index is 1010. The fourth-order valence-corrected chi connectivity index (χ4v) is 2.63. The summed E-state index contributed by atoms with van der Waals surface area (Å²) in [5.41, 5.74) is -7.50. The molecule has 0 unspecified atom stereocenters. The van der Waals surface area contributed by atoms with Crippen molar-refractivity contribution in [3.8, 4) is 17.6 Å². The molecule has 132 valence electrons. The molecule has 0 aliphatic heterocycles. The predicted octanol–water partition coefficient (Wildman–Crippen LogP) is 2.65. The predicted molar refractivity (Wildman–Crippen MR) is 77.8 cm³/mol. The van der Waals surface area contributed by atoms with E-state index in [1.165, 1.54) is 30.3 Å². The first-order valence-electron chi connectivity index (χ1n) is 6.32. The molecular weight excluding hydrogens is 367 g/mol. The number of hydrogen-bond acceptors (Lipinski definition) is 6. The van der Waals surface area contributed by atoms with Crippen LogP contribution in [0.4, 0.5) is 13.2 Å². The first-order chi connectivity index (χ1) is 11.5. The quantitative estimate of drug-likeness (QED) is 0.645. The van der Waals surface area contributed by atoms with Crippen LogP contribution in [0.2, 0.25) is 0 Å². The summed E-state index contributed by atoms with van der Waals surface area (Å²) < 4.78 is 69.4. The Morgan fingerprint density at radius 3 is 2.20 bits per heavy atom. The van der Waals surface area contributed by atoms with Gasteiger partial charge in [0.25, 0.3) is 0 Å². The average Bonchev–Trinajstić information content (AvgIpc) is 2.51. The number of ether oxygens (including phenoxy) is 1. The van der Waals surface area contributed by atoms with Gasteiger partial charge in [0.05, 0.1) is 7.11 Å². The van der Waals surface area contributed by atoms with Gasteiger partial charge in [-0.15, -0.1) is 0 Å². The number of carboxylic acid groups (broad SMARTS) is 1. The number of halogens is 3. The van der Waals surface area contributed by atoms with Gasteiger partial charge in [0.15, 0.2) is 5.75 Å². The molecule has 2 aromatic rings. The van der Waals surface area contributed by atoms with Crippen LogP contribution in [-0.4, -0.2) is 32.1 Å². The topological polar surface area (TPSA) is 114 Å². The fourth-order valence-electron chi connectivity index (χ4n) is 2.15. The van der Waals surface area contributed by atoms with Crippen molar-refractivity contribution in [3.05, 3.63) is 35.4 Å². The molecular formula is C14H8F3NO6S. The molecule has 25 heavy (non-hydrogen) atoms. The van der Waals surface area contributed by atoms with E-state index < -0.39 is 38.5 Å². The third-order valence-electron chi connectivity index (χ3n) is 3.13. The normalized spacial score (nSPS) is 11.8. The maximum atomic E-state index is 12.6. The molecule has 0 aromatic heterocycles. The van der Waals surface area contributed by atoms with Crippen LogP contribution in [0.1, 0.15) is 15.9 Å².